The van der Waals surface area contributed by atoms with Crippen LogP contribution in [-0.4, -0.2) is 37.9 Å². The van der Waals surface area contributed by atoms with E-state index < -0.39 is 0 Å². The van der Waals surface area contributed by atoms with Crippen molar-refractivity contribution in [2.75, 3.05) is 26.2 Å². The van der Waals surface area contributed by atoms with E-state index in [-0.39, 0.29) is 0 Å². The SMILES string of the molecule is c1cc(C2=NCC[NH2+]2)cc(C2=[NH+]CCN2)c1. The highest BCUT2D eigenvalue weighted by Crippen LogP contribution is 2.05. The molecule has 0 aromatic heterocycles. The highest BCUT2D eigenvalue weighted by molar-refractivity contribution is 5.99. The Hall–Kier alpha value is -1.68. The third-order valence-corrected chi connectivity index (χ3v) is 2.92. The van der Waals surface area contributed by atoms with E-state index in [2.05, 4.69) is 44.9 Å². The van der Waals surface area contributed by atoms with E-state index in [1.54, 1.807) is 0 Å². The number of hydrogen-bond acceptors (Lipinski definition) is 2. The minimum Gasteiger partial charge on any atom is -0.296 e. The van der Waals surface area contributed by atoms with Gasteiger partial charge in [0.15, 0.2) is 0 Å². The largest absolute Gasteiger partial charge is 0.296 e. The predicted octanol–water partition coefficient (Wildman–Crippen LogP) is -2.56. The van der Waals surface area contributed by atoms with E-state index in [0.717, 1.165) is 37.9 Å². The van der Waals surface area contributed by atoms with Crippen LogP contribution in [0.15, 0.2) is 29.3 Å². The molecule has 4 heteroatoms. The highest BCUT2D eigenvalue weighted by Gasteiger charge is 2.18. The van der Waals surface area contributed by atoms with Crippen LogP contribution in [0.5, 0.6) is 0 Å². The lowest BCUT2D eigenvalue weighted by Crippen LogP contribution is -2.86. The molecule has 0 saturated carbocycles. The fourth-order valence-electron chi connectivity index (χ4n) is 2.14. The first-order valence-electron chi connectivity index (χ1n) is 5.77. The molecule has 0 unspecified atom stereocenters. The van der Waals surface area contributed by atoms with Gasteiger partial charge in [0.1, 0.15) is 19.6 Å². The fraction of sp³-hybridized carbons (Fsp3) is 0.333. The van der Waals surface area contributed by atoms with Crippen molar-refractivity contribution in [3.05, 3.63) is 35.4 Å². The number of aliphatic imine (C=N–C) groups is 1. The van der Waals surface area contributed by atoms with Crippen LogP contribution in [0.4, 0.5) is 0 Å². The molecular weight excluding hydrogens is 200 g/mol. The topological polar surface area (TPSA) is 55.0 Å². The summed E-state index contributed by atoms with van der Waals surface area (Å²) < 4.78 is 0. The molecular formula is C12H16N4+2. The molecule has 1 aromatic rings. The first-order chi connectivity index (χ1) is 7.93. The molecule has 0 spiro atoms. The zero-order chi connectivity index (χ0) is 10.8. The van der Waals surface area contributed by atoms with Gasteiger partial charge in [-0.1, -0.05) is 6.07 Å². The Balaban J connectivity index is 1.93. The molecule has 2 aliphatic rings. The van der Waals surface area contributed by atoms with Crippen LogP contribution in [0.25, 0.3) is 0 Å². The van der Waals surface area contributed by atoms with Crippen molar-refractivity contribution in [3.8, 4) is 0 Å². The Labute approximate surface area is 94.5 Å². The molecule has 0 bridgehead atoms. The average Bonchev–Trinajstić information content (AvgIpc) is 3.03. The molecule has 2 aliphatic heterocycles. The number of amidine groups is 2. The van der Waals surface area contributed by atoms with E-state index in [0.29, 0.717) is 0 Å². The summed E-state index contributed by atoms with van der Waals surface area (Å²) in [4.78, 5) is 7.83. The molecule has 16 heavy (non-hydrogen) atoms. The van der Waals surface area contributed by atoms with Gasteiger partial charge in [0.25, 0.3) is 5.84 Å². The standard InChI is InChI=1S/C12H14N4/c1-2-9(11-13-4-5-14-11)8-10(3-1)12-15-6-7-16-12/h1-3,8H,4-7H2,(H,13,14)(H,15,16)/p+2. The Bertz CT molecular complexity index is 423. The van der Waals surface area contributed by atoms with Crippen LogP contribution in [0, 0.1) is 0 Å². The summed E-state index contributed by atoms with van der Waals surface area (Å²) in [6.45, 7) is 4.03. The van der Waals surface area contributed by atoms with Crippen LogP contribution >= 0.6 is 0 Å². The van der Waals surface area contributed by atoms with Crippen molar-refractivity contribution in [2.45, 2.75) is 0 Å². The summed E-state index contributed by atoms with van der Waals surface area (Å²) in [5.41, 5.74) is 2.44. The van der Waals surface area contributed by atoms with Crippen LogP contribution in [0.3, 0.4) is 0 Å². The minimum absolute atomic E-state index is 0.937. The van der Waals surface area contributed by atoms with E-state index in [4.69, 9.17) is 0 Å². The molecule has 0 saturated heterocycles. The van der Waals surface area contributed by atoms with Crippen LogP contribution in [0.1, 0.15) is 11.1 Å². The molecule has 0 atom stereocenters. The zero-order valence-corrected chi connectivity index (χ0v) is 9.16. The second-order valence-electron chi connectivity index (χ2n) is 4.07. The fourth-order valence-corrected chi connectivity index (χ4v) is 2.14. The van der Waals surface area contributed by atoms with Gasteiger partial charge in [-0.05, 0) is 18.2 Å². The maximum Gasteiger partial charge on any atom is 0.275 e. The van der Waals surface area contributed by atoms with Crippen molar-refractivity contribution in [1.29, 1.82) is 0 Å². The van der Waals surface area contributed by atoms with Crippen molar-refractivity contribution in [1.82, 2.24) is 5.32 Å². The molecule has 0 aliphatic carbocycles. The van der Waals surface area contributed by atoms with Crippen molar-refractivity contribution >= 4 is 11.7 Å². The lowest BCUT2D eigenvalue weighted by atomic mass is 10.1. The lowest BCUT2D eigenvalue weighted by molar-refractivity contribution is -0.526. The average molecular weight is 216 g/mol. The van der Waals surface area contributed by atoms with Gasteiger partial charge in [-0.15, -0.1) is 0 Å². The number of quaternary nitrogens is 1. The molecule has 0 radical (unpaired) electrons. The highest BCUT2D eigenvalue weighted by atomic mass is 15.1. The smallest absolute Gasteiger partial charge is 0.275 e. The normalized spacial score (nSPS) is 19.2. The Morgan fingerprint density at radius 1 is 1.31 bits per heavy atom. The molecule has 4 nitrogen and oxygen atoms in total. The molecule has 0 amide bonds. The van der Waals surface area contributed by atoms with Gasteiger partial charge < -0.3 is 0 Å². The maximum atomic E-state index is 4.48. The number of nitrogens with zero attached hydrogens (tertiary/aromatic N) is 1. The molecule has 2 heterocycles. The van der Waals surface area contributed by atoms with E-state index in [9.17, 15) is 0 Å². The number of benzene rings is 1. The van der Waals surface area contributed by atoms with Gasteiger partial charge in [-0.3, -0.25) is 15.6 Å². The van der Waals surface area contributed by atoms with Crippen LogP contribution < -0.4 is 15.6 Å². The van der Waals surface area contributed by atoms with Gasteiger partial charge in [0.2, 0.25) is 5.84 Å². The maximum absolute atomic E-state index is 4.48. The van der Waals surface area contributed by atoms with Gasteiger partial charge >= 0.3 is 0 Å². The monoisotopic (exact) mass is 216 g/mol. The van der Waals surface area contributed by atoms with Crippen molar-refractivity contribution in [3.63, 3.8) is 0 Å². The van der Waals surface area contributed by atoms with Gasteiger partial charge in [-0.2, -0.15) is 0 Å². The first-order valence-corrected chi connectivity index (χ1v) is 5.77. The minimum atomic E-state index is 0.937. The number of nitrogens with two attached hydrogens (primary N) is 1. The van der Waals surface area contributed by atoms with Gasteiger partial charge in [-0.25, -0.2) is 4.99 Å². The van der Waals surface area contributed by atoms with E-state index in [1.165, 1.54) is 11.1 Å². The van der Waals surface area contributed by atoms with Crippen molar-refractivity contribution < 1.29 is 10.3 Å². The predicted molar refractivity (Wildman–Crippen MR) is 62.6 cm³/mol. The molecule has 4 N–H and O–H groups in total. The third-order valence-electron chi connectivity index (χ3n) is 2.92. The number of hydrogen-bond donors (Lipinski definition) is 3. The summed E-state index contributed by atoms with van der Waals surface area (Å²) in [5, 5.41) is 5.55. The zero-order valence-electron chi connectivity index (χ0n) is 9.16. The van der Waals surface area contributed by atoms with E-state index in [1.807, 2.05) is 0 Å². The van der Waals surface area contributed by atoms with Crippen LogP contribution in [-0.2, 0) is 0 Å². The Kier molecular flexibility index (Phi) is 2.42. The molecule has 1 aromatic carbocycles. The quantitative estimate of drug-likeness (QED) is 0.500. The first kappa shape index (κ1) is 9.54. The second-order valence-corrected chi connectivity index (χ2v) is 4.07. The summed E-state index contributed by atoms with van der Waals surface area (Å²) in [5.74, 6) is 2.28. The molecule has 3 rings (SSSR count). The number of rotatable bonds is 2. The van der Waals surface area contributed by atoms with Crippen molar-refractivity contribution in [2.24, 2.45) is 4.99 Å². The summed E-state index contributed by atoms with van der Waals surface area (Å²) in [6.07, 6.45) is 0. The Morgan fingerprint density at radius 3 is 3.00 bits per heavy atom. The summed E-state index contributed by atoms with van der Waals surface area (Å²) >= 11 is 0. The number of nitrogens with one attached hydrogen (secondary N) is 2. The second kappa shape index (κ2) is 4.06. The molecule has 82 valence electrons. The van der Waals surface area contributed by atoms with Crippen LogP contribution in [0.2, 0.25) is 0 Å². The van der Waals surface area contributed by atoms with E-state index >= 15 is 0 Å². The third kappa shape index (κ3) is 1.72. The summed E-state index contributed by atoms with van der Waals surface area (Å²) in [7, 11) is 0. The van der Waals surface area contributed by atoms with Gasteiger partial charge in [0, 0.05) is 0 Å². The van der Waals surface area contributed by atoms with Gasteiger partial charge in [0.05, 0.1) is 17.7 Å². The Morgan fingerprint density at radius 2 is 2.25 bits per heavy atom. The lowest BCUT2D eigenvalue weighted by Gasteiger charge is -2.00. The summed E-state index contributed by atoms with van der Waals surface area (Å²) in [6, 6.07) is 8.54. The molecule has 0 fully saturated rings.